The summed E-state index contributed by atoms with van der Waals surface area (Å²) in [4.78, 5) is 17.0. The maximum absolute atomic E-state index is 13.4. The number of benzene rings is 1. The van der Waals surface area contributed by atoms with Gasteiger partial charge in [-0.05, 0) is 64.1 Å². The largest absolute Gasteiger partial charge is 0.489 e. The molecular weight excluding hydrogens is 443 g/mol. The lowest BCUT2D eigenvalue weighted by molar-refractivity contribution is -0.144. The van der Waals surface area contributed by atoms with Crippen LogP contribution in [0, 0.1) is 0 Å². The zero-order valence-corrected chi connectivity index (χ0v) is 19.1. The zero-order valence-electron chi connectivity index (χ0n) is 18.4. The number of hydrogen-bond acceptors (Lipinski definition) is 3. The number of aromatic nitrogens is 1. The first-order valence-corrected chi connectivity index (χ1v) is 11.1. The van der Waals surface area contributed by atoms with Gasteiger partial charge in [0.05, 0.1) is 16.7 Å². The minimum absolute atomic E-state index is 0.0309. The molecule has 4 rings (SSSR count). The zero-order chi connectivity index (χ0) is 23.3. The van der Waals surface area contributed by atoms with Crippen LogP contribution in [-0.4, -0.2) is 53.1 Å². The minimum Gasteiger partial charge on any atom is -0.489 e. The Morgan fingerprint density at radius 1 is 1.09 bits per heavy atom. The molecule has 1 fully saturated rings. The molecule has 2 aromatic rings. The minimum atomic E-state index is -4.38. The number of piperidine rings is 1. The van der Waals surface area contributed by atoms with Gasteiger partial charge in [-0.15, -0.1) is 0 Å². The normalized spacial score (nSPS) is 18.8. The lowest BCUT2D eigenvalue weighted by Crippen LogP contribution is -2.56. The number of nitrogens with zero attached hydrogens (tertiary/aromatic N) is 3. The monoisotopic (exact) mass is 469 g/mol. The highest BCUT2D eigenvalue weighted by molar-refractivity contribution is 6.32. The Morgan fingerprint density at radius 3 is 2.38 bits per heavy atom. The van der Waals surface area contributed by atoms with Crippen molar-refractivity contribution in [2.75, 3.05) is 26.7 Å². The van der Waals surface area contributed by atoms with Crippen LogP contribution < -0.4 is 4.74 Å². The first kappa shape index (κ1) is 23.0. The molecule has 0 aliphatic carbocycles. The van der Waals surface area contributed by atoms with Gasteiger partial charge in [0.1, 0.15) is 11.4 Å². The van der Waals surface area contributed by atoms with Crippen LogP contribution in [0.25, 0.3) is 0 Å². The van der Waals surface area contributed by atoms with Crippen molar-refractivity contribution < 1.29 is 22.7 Å². The van der Waals surface area contributed by atoms with Crippen LogP contribution in [-0.2, 0) is 18.3 Å². The number of halogens is 4. The molecule has 5 nitrogen and oxygen atoms in total. The van der Waals surface area contributed by atoms with Crippen LogP contribution in [0.1, 0.15) is 48.4 Å². The van der Waals surface area contributed by atoms with E-state index in [-0.39, 0.29) is 12.0 Å². The number of fused-ring (bicyclic) bond motifs is 2. The Labute approximate surface area is 190 Å². The van der Waals surface area contributed by atoms with E-state index in [9.17, 15) is 18.0 Å². The molecule has 1 amide bonds. The van der Waals surface area contributed by atoms with E-state index in [1.165, 1.54) is 10.6 Å². The Bertz CT molecular complexity index is 1010. The van der Waals surface area contributed by atoms with Crippen LogP contribution in [0.4, 0.5) is 13.2 Å². The first-order valence-electron chi connectivity index (χ1n) is 10.8. The Balaban J connectivity index is 1.53. The van der Waals surface area contributed by atoms with Gasteiger partial charge in [0, 0.05) is 37.4 Å². The summed E-state index contributed by atoms with van der Waals surface area (Å²) in [6, 6.07) is 7.78. The molecule has 0 bridgehead atoms. The van der Waals surface area contributed by atoms with Crippen molar-refractivity contribution >= 4 is 17.5 Å². The highest BCUT2D eigenvalue weighted by Crippen LogP contribution is 2.44. The van der Waals surface area contributed by atoms with E-state index in [1.807, 2.05) is 20.9 Å². The molecule has 0 N–H and O–H groups in total. The van der Waals surface area contributed by atoms with Gasteiger partial charge in [-0.25, -0.2) is 0 Å². The van der Waals surface area contributed by atoms with Crippen LogP contribution in [0.5, 0.6) is 5.75 Å². The molecule has 9 heteroatoms. The van der Waals surface area contributed by atoms with Crippen LogP contribution in [0.3, 0.4) is 0 Å². The van der Waals surface area contributed by atoms with E-state index in [0.29, 0.717) is 61.1 Å². The molecule has 32 heavy (non-hydrogen) atoms. The average Bonchev–Trinajstić information content (AvgIpc) is 3.18. The van der Waals surface area contributed by atoms with Gasteiger partial charge < -0.3 is 14.2 Å². The molecular formula is C23H27ClF3N3O2. The van der Waals surface area contributed by atoms with E-state index in [0.717, 1.165) is 0 Å². The number of likely N-dealkylation sites (tertiary alicyclic amines) is 1. The number of amides is 1. The lowest BCUT2D eigenvalue weighted by Gasteiger charge is -2.50. The first-order chi connectivity index (χ1) is 15.0. The molecule has 1 saturated heterocycles. The van der Waals surface area contributed by atoms with Gasteiger partial charge in [-0.3, -0.25) is 9.69 Å². The van der Waals surface area contributed by atoms with Gasteiger partial charge in [0.25, 0.3) is 5.91 Å². The van der Waals surface area contributed by atoms with Gasteiger partial charge in [0.15, 0.2) is 0 Å². The molecule has 1 spiro atoms. The smallest absolute Gasteiger partial charge is 0.431 e. The van der Waals surface area contributed by atoms with E-state index in [1.54, 1.807) is 29.2 Å². The van der Waals surface area contributed by atoms with Crippen molar-refractivity contribution in [3.63, 3.8) is 0 Å². The summed E-state index contributed by atoms with van der Waals surface area (Å²) >= 11 is 6.29. The second-order valence-corrected chi connectivity index (χ2v) is 9.22. The number of hydrogen-bond donors (Lipinski definition) is 0. The summed E-state index contributed by atoms with van der Waals surface area (Å²) in [5.74, 6) is 0.392. The summed E-state index contributed by atoms with van der Waals surface area (Å²) in [5.41, 5.74) is 0.0491. The second kappa shape index (κ2) is 8.30. The highest BCUT2D eigenvalue weighted by Gasteiger charge is 2.47. The Kier molecular flexibility index (Phi) is 5.96. The fourth-order valence-corrected chi connectivity index (χ4v) is 5.13. The summed E-state index contributed by atoms with van der Waals surface area (Å²) < 4.78 is 47.4. The van der Waals surface area contributed by atoms with E-state index < -0.39 is 17.4 Å². The average molecular weight is 470 g/mol. The third-order valence-corrected chi connectivity index (χ3v) is 6.85. The predicted octanol–water partition coefficient (Wildman–Crippen LogP) is 5.02. The van der Waals surface area contributed by atoms with Crippen LogP contribution in [0.15, 0.2) is 30.3 Å². The van der Waals surface area contributed by atoms with Crippen molar-refractivity contribution in [1.82, 2.24) is 14.4 Å². The van der Waals surface area contributed by atoms with Crippen molar-refractivity contribution in [3.8, 4) is 5.75 Å². The Hall–Kier alpha value is -2.19. The predicted molar refractivity (Wildman–Crippen MR) is 116 cm³/mol. The molecule has 2 aliphatic heterocycles. The van der Waals surface area contributed by atoms with Gasteiger partial charge >= 0.3 is 6.18 Å². The third kappa shape index (κ3) is 3.99. The quantitative estimate of drug-likeness (QED) is 0.633. The van der Waals surface area contributed by atoms with Crippen molar-refractivity contribution in [2.24, 2.45) is 0 Å². The van der Waals surface area contributed by atoms with E-state index >= 15 is 0 Å². The van der Waals surface area contributed by atoms with Crippen LogP contribution >= 0.6 is 11.6 Å². The van der Waals surface area contributed by atoms with Crippen molar-refractivity contribution in [3.05, 3.63) is 52.3 Å². The molecule has 1 aromatic heterocycles. The molecule has 0 unspecified atom stereocenters. The number of alkyl halides is 3. The SMILES string of the molecule is CC(C)Oc1ccc(C(=O)N2CCC3(CC2)c2ccc(C(F)(F)F)n2CCN3C)cc1Cl. The van der Waals surface area contributed by atoms with Crippen molar-refractivity contribution in [2.45, 2.75) is 51.1 Å². The number of carbonyl (C=O) groups is 1. The standard InChI is InChI=1S/C23H27ClF3N3O2/c1-15(2)32-18-5-4-16(14-17(18)24)21(31)29-10-8-22(9-11-29)19-6-7-20(23(25,26)27)30(19)13-12-28(22)3/h4-7,14-15H,8-13H2,1-3H3. The molecule has 174 valence electrons. The van der Waals surface area contributed by atoms with E-state index in [4.69, 9.17) is 16.3 Å². The molecule has 2 aliphatic rings. The fraction of sp³-hybridized carbons (Fsp3) is 0.522. The highest BCUT2D eigenvalue weighted by atomic mass is 35.5. The molecule has 0 atom stereocenters. The molecule has 0 saturated carbocycles. The van der Waals surface area contributed by atoms with Crippen molar-refractivity contribution in [1.29, 1.82) is 0 Å². The maximum atomic E-state index is 13.4. The maximum Gasteiger partial charge on any atom is 0.431 e. The Morgan fingerprint density at radius 2 is 1.78 bits per heavy atom. The number of ether oxygens (including phenoxy) is 1. The fourth-order valence-electron chi connectivity index (χ4n) is 4.91. The molecule has 3 heterocycles. The van der Waals surface area contributed by atoms with Crippen LogP contribution in [0.2, 0.25) is 5.02 Å². The summed E-state index contributed by atoms with van der Waals surface area (Å²) in [6.45, 7) is 5.55. The topological polar surface area (TPSA) is 37.7 Å². The van der Waals surface area contributed by atoms with E-state index in [2.05, 4.69) is 4.90 Å². The second-order valence-electron chi connectivity index (χ2n) is 8.81. The van der Waals surface area contributed by atoms with Gasteiger partial charge in [-0.2, -0.15) is 13.2 Å². The summed E-state index contributed by atoms with van der Waals surface area (Å²) in [7, 11) is 1.95. The number of carbonyl (C=O) groups excluding carboxylic acids is 1. The lowest BCUT2D eigenvalue weighted by atomic mass is 9.81. The third-order valence-electron chi connectivity index (χ3n) is 6.56. The summed E-state index contributed by atoms with van der Waals surface area (Å²) in [6.07, 6.45) is -3.27. The summed E-state index contributed by atoms with van der Waals surface area (Å²) in [5, 5.41) is 0.377. The number of rotatable bonds is 3. The molecule has 1 aromatic carbocycles. The number of likely N-dealkylation sites (N-methyl/N-ethyl adjacent to an activating group) is 1. The van der Waals surface area contributed by atoms with Gasteiger partial charge in [-0.1, -0.05) is 11.6 Å². The molecule has 0 radical (unpaired) electrons. The van der Waals surface area contributed by atoms with Gasteiger partial charge in [0.2, 0.25) is 0 Å².